The van der Waals surface area contributed by atoms with Crippen LogP contribution in [0.1, 0.15) is 56.5 Å². The van der Waals surface area contributed by atoms with Crippen molar-refractivity contribution in [3.05, 3.63) is 11.6 Å². The smallest absolute Gasteiger partial charge is 0.291 e. The van der Waals surface area contributed by atoms with Crippen LogP contribution in [-0.4, -0.2) is 39.3 Å². The first-order valence-corrected chi connectivity index (χ1v) is 6.82. The lowest BCUT2D eigenvalue weighted by atomic mass is 9.95. The molecule has 0 saturated carbocycles. The fourth-order valence-corrected chi connectivity index (χ4v) is 2.72. The normalized spacial score (nSPS) is 29.7. The van der Waals surface area contributed by atoms with Crippen LogP contribution in [0.3, 0.4) is 0 Å². The summed E-state index contributed by atoms with van der Waals surface area (Å²) in [4.78, 5) is 16.4. The van der Waals surface area contributed by atoms with E-state index in [-0.39, 0.29) is 29.3 Å². The molecule has 6 heteroatoms. The number of H-pyrrole nitrogens is 1. The number of aromatic nitrogens is 3. The van der Waals surface area contributed by atoms with Crippen LogP contribution < -0.4 is 5.32 Å². The molecule has 3 atom stereocenters. The molecule has 0 aliphatic carbocycles. The van der Waals surface area contributed by atoms with E-state index in [9.17, 15) is 4.79 Å². The van der Waals surface area contributed by atoms with Gasteiger partial charge in [-0.15, -0.1) is 5.10 Å². The van der Waals surface area contributed by atoms with Crippen LogP contribution in [0, 0.1) is 0 Å². The summed E-state index contributed by atoms with van der Waals surface area (Å²) < 4.78 is 5.72. The molecular formula is C13H20N4O2. The van der Waals surface area contributed by atoms with Crippen molar-refractivity contribution in [1.29, 1.82) is 0 Å². The molecule has 2 aliphatic rings. The van der Waals surface area contributed by atoms with Gasteiger partial charge >= 0.3 is 0 Å². The molecule has 2 bridgehead atoms. The van der Waals surface area contributed by atoms with Crippen molar-refractivity contribution in [2.24, 2.45) is 0 Å². The molecule has 3 unspecified atom stereocenters. The van der Waals surface area contributed by atoms with Gasteiger partial charge in [-0.05, 0) is 19.3 Å². The Morgan fingerprint density at radius 3 is 2.74 bits per heavy atom. The molecule has 2 N–H and O–H groups in total. The molecule has 0 radical (unpaired) electrons. The Bertz CT molecular complexity index is 491. The maximum atomic E-state index is 12.1. The largest absolute Gasteiger partial charge is 0.373 e. The lowest BCUT2D eigenvalue weighted by Crippen LogP contribution is -2.41. The summed E-state index contributed by atoms with van der Waals surface area (Å²) in [5, 5.41) is 9.81. The first kappa shape index (κ1) is 12.6. The molecule has 6 nitrogen and oxygen atoms in total. The van der Waals surface area contributed by atoms with Gasteiger partial charge in [0.25, 0.3) is 5.91 Å². The topological polar surface area (TPSA) is 79.9 Å². The van der Waals surface area contributed by atoms with Crippen LogP contribution in [0.2, 0.25) is 0 Å². The molecule has 0 aromatic carbocycles. The van der Waals surface area contributed by atoms with Crippen molar-refractivity contribution in [3.8, 4) is 0 Å². The lowest BCUT2D eigenvalue weighted by molar-refractivity contribution is 0.0834. The second kappa shape index (κ2) is 4.30. The molecule has 3 heterocycles. The molecule has 19 heavy (non-hydrogen) atoms. The minimum Gasteiger partial charge on any atom is -0.373 e. The van der Waals surface area contributed by atoms with E-state index < -0.39 is 0 Å². The summed E-state index contributed by atoms with van der Waals surface area (Å²) in [7, 11) is 0. The van der Waals surface area contributed by atoms with Gasteiger partial charge in [-0.2, -0.15) is 0 Å². The van der Waals surface area contributed by atoms with E-state index in [0.29, 0.717) is 6.10 Å². The van der Waals surface area contributed by atoms with Crippen molar-refractivity contribution in [3.63, 3.8) is 0 Å². The van der Waals surface area contributed by atoms with Crippen LogP contribution in [0.15, 0.2) is 0 Å². The highest BCUT2D eigenvalue weighted by atomic mass is 16.5. The van der Waals surface area contributed by atoms with E-state index in [1.165, 1.54) is 0 Å². The number of amides is 1. The predicted molar refractivity (Wildman–Crippen MR) is 68.8 cm³/mol. The Morgan fingerprint density at radius 1 is 1.42 bits per heavy atom. The minimum absolute atomic E-state index is 0.114. The Labute approximate surface area is 112 Å². The van der Waals surface area contributed by atoms with E-state index in [1.54, 1.807) is 0 Å². The second-order valence-corrected chi connectivity index (χ2v) is 6.45. The number of hydrogen-bond acceptors (Lipinski definition) is 4. The quantitative estimate of drug-likeness (QED) is 0.839. The van der Waals surface area contributed by atoms with Gasteiger partial charge in [0, 0.05) is 5.41 Å². The highest BCUT2D eigenvalue weighted by Crippen LogP contribution is 2.34. The highest BCUT2D eigenvalue weighted by molar-refractivity contribution is 5.90. The average molecular weight is 264 g/mol. The van der Waals surface area contributed by atoms with Crippen LogP contribution in [0.4, 0.5) is 0 Å². The summed E-state index contributed by atoms with van der Waals surface area (Å²) in [6.07, 6.45) is 3.57. The third kappa shape index (κ3) is 2.36. The van der Waals surface area contributed by atoms with Crippen molar-refractivity contribution >= 4 is 5.91 Å². The van der Waals surface area contributed by atoms with Gasteiger partial charge < -0.3 is 10.1 Å². The fourth-order valence-electron chi connectivity index (χ4n) is 2.72. The van der Waals surface area contributed by atoms with Crippen LogP contribution in [-0.2, 0) is 10.2 Å². The number of carbonyl (C=O) groups excluding carboxylic acids is 1. The number of aromatic amines is 1. The molecule has 1 aromatic heterocycles. The summed E-state index contributed by atoms with van der Waals surface area (Å²) in [5.41, 5.74) is -0.138. The Kier molecular flexibility index (Phi) is 2.85. The van der Waals surface area contributed by atoms with E-state index in [1.807, 2.05) is 20.8 Å². The zero-order chi connectivity index (χ0) is 13.6. The number of nitrogens with zero attached hydrogens (tertiary/aromatic N) is 2. The average Bonchev–Trinajstić information content (AvgIpc) is 3.03. The third-order valence-electron chi connectivity index (χ3n) is 3.82. The molecule has 1 aromatic rings. The SMILES string of the molecule is CC(C)(C)c1nc(C(=O)NC2CC3CCC2O3)n[nH]1. The number of hydrogen-bond donors (Lipinski definition) is 2. The maximum absolute atomic E-state index is 12.1. The van der Waals surface area contributed by atoms with Gasteiger partial charge in [-0.25, -0.2) is 4.98 Å². The van der Waals surface area contributed by atoms with Crippen molar-refractivity contribution < 1.29 is 9.53 Å². The monoisotopic (exact) mass is 264 g/mol. The summed E-state index contributed by atoms with van der Waals surface area (Å²) >= 11 is 0. The van der Waals surface area contributed by atoms with Crippen LogP contribution in [0.25, 0.3) is 0 Å². The molecule has 104 valence electrons. The highest BCUT2D eigenvalue weighted by Gasteiger charge is 2.41. The standard InChI is InChI=1S/C13H20N4O2/c1-13(2,3)12-15-10(16-17-12)11(18)14-8-6-7-4-5-9(8)19-7/h7-9H,4-6H2,1-3H3,(H,14,18)(H,15,16,17). The zero-order valence-electron chi connectivity index (χ0n) is 11.6. The summed E-state index contributed by atoms with van der Waals surface area (Å²) in [6.45, 7) is 6.08. The van der Waals surface area contributed by atoms with Gasteiger partial charge in [0.2, 0.25) is 5.82 Å². The first-order chi connectivity index (χ1) is 8.93. The predicted octanol–water partition coefficient (Wildman–Crippen LogP) is 1.15. The third-order valence-corrected chi connectivity index (χ3v) is 3.82. The fraction of sp³-hybridized carbons (Fsp3) is 0.769. The van der Waals surface area contributed by atoms with Crippen molar-refractivity contribution in [1.82, 2.24) is 20.5 Å². The Hall–Kier alpha value is -1.43. The molecule has 0 spiro atoms. The first-order valence-electron chi connectivity index (χ1n) is 6.82. The van der Waals surface area contributed by atoms with Gasteiger partial charge in [-0.3, -0.25) is 9.89 Å². The van der Waals surface area contributed by atoms with E-state index >= 15 is 0 Å². The Balaban J connectivity index is 1.66. The van der Waals surface area contributed by atoms with Gasteiger partial charge in [-0.1, -0.05) is 20.8 Å². The van der Waals surface area contributed by atoms with Gasteiger partial charge in [0.1, 0.15) is 5.82 Å². The van der Waals surface area contributed by atoms with Gasteiger partial charge in [0.15, 0.2) is 0 Å². The zero-order valence-corrected chi connectivity index (χ0v) is 11.6. The molecule has 2 saturated heterocycles. The molecule has 2 aliphatic heterocycles. The summed E-state index contributed by atoms with van der Waals surface area (Å²) in [6, 6.07) is 0.114. The number of carbonyl (C=O) groups is 1. The lowest BCUT2D eigenvalue weighted by Gasteiger charge is -2.19. The van der Waals surface area contributed by atoms with Crippen molar-refractivity contribution in [2.45, 2.75) is 63.7 Å². The Morgan fingerprint density at radius 2 is 2.21 bits per heavy atom. The van der Waals surface area contributed by atoms with Crippen LogP contribution >= 0.6 is 0 Å². The van der Waals surface area contributed by atoms with Crippen LogP contribution in [0.5, 0.6) is 0 Å². The van der Waals surface area contributed by atoms with Gasteiger partial charge in [0.05, 0.1) is 18.2 Å². The number of fused-ring (bicyclic) bond motifs is 2. The number of nitrogens with one attached hydrogen (secondary N) is 2. The maximum Gasteiger partial charge on any atom is 0.291 e. The molecule has 1 amide bonds. The molecule has 2 fully saturated rings. The van der Waals surface area contributed by atoms with E-state index in [0.717, 1.165) is 25.1 Å². The second-order valence-electron chi connectivity index (χ2n) is 6.45. The van der Waals surface area contributed by atoms with E-state index in [4.69, 9.17) is 4.74 Å². The number of rotatable bonds is 2. The minimum atomic E-state index is -0.215. The van der Waals surface area contributed by atoms with Crippen molar-refractivity contribution in [2.75, 3.05) is 0 Å². The molecule has 3 rings (SSSR count). The summed E-state index contributed by atoms with van der Waals surface area (Å²) in [5.74, 6) is 0.724. The number of ether oxygens (including phenoxy) is 1. The molecular weight excluding hydrogens is 244 g/mol. The van der Waals surface area contributed by atoms with E-state index in [2.05, 4.69) is 20.5 Å².